The van der Waals surface area contributed by atoms with Crippen molar-refractivity contribution in [2.24, 2.45) is 7.05 Å². The van der Waals surface area contributed by atoms with Crippen LogP contribution in [0.3, 0.4) is 0 Å². The fourth-order valence-corrected chi connectivity index (χ4v) is 4.77. The molecule has 0 aliphatic heterocycles. The van der Waals surface area contributed by atoms with E-state index in [1.165, 1.54) is 23.1 Å². The predicted octanol–water partition coefficient (Wildman–Crippen LogP) is 3.50. The summed E-state index contributed by atoms with van der Waals surface area (Å²) in [5, 5.41) is 13.5. The van der Waals surface area contributed by atoms with Crippen molar-refractivity contribution in [1.29, 1.82) is 0 Å². The molecule has 0 spiro atoms. The number of rotatable bonds is 5. The maximum absolute atomic E-state index is 11.0. The van der Waals surface area contributed by atoms with Crippen molar-refractivity contribution in [2.45, 2.75) is 30.4 Å². The Hall–Kier alpha value is -0.860. The molecule has 108 valence electrons. The third-order valence-electron chi connectivity index (χ3n) is 2.81. The lowest BCUT2D eigenvalue weighted by molar-refractivity contribution is 0.0701. The van der Waals surface area contributed by atoms with Crippen molar-refractivity contribution in [1.82, 2.24) is 14.8 Å². The van der Waals surface area contributed by atoms with Gasteiger partial charge in [-0.1, -0.05) is 18.7 Å². The number of carboxylic acids is 1. The number of hydrogen-bond donors (Lipinski definition) is 1. The molecule has 0 saturated heterocycles. The van der Waals surface area contributed by atoms with Crippen LogP contribution < -0.4 is 0 Å². The molecule has 0 aromatic carbocycles. The van der Waals surface area contributed by atoms with Crippen LogP contribution in [0, 0.1) is 6.92 Å². The molecular formula is C12H14BrN3O2S2. The Morgan fingerprint density at radius 2 is 2.25 bits per heavy atom. The van der Waals surface area contributed by atoms with E-state index in [4.69, 9.17) is 5.11 Å². The molecule has 0 aliphatic carbocycles. The van der Waals surface area contributed by atoms with Crippen molar-refractivity contribution in [3.8, 4) is 0 Å². The second-order valence-electron chi connectivity index (χ2n) is 4.17. The topological polar surface area (TPSA) is 68.0 Å². The zero-order valence-electron chi connectivity index (χ0n) is 11.3. The summed E-state index contributed by atoms with van der Waals surface area (Å²) in [6, 6.07) is 0. The number of thioether (sulfide) groups is 1. The van der Waals surface area contributed by atoms with E-state index in [0.717, 1.165) is 26.6 Å². The van der Waals surface area contributed by atoms with Crippen molar-refractivity contribution < 1.29 is 9.90 Å². The molecule has 0 atom stereocenters. The van der Waals surface area contributed by atoms with E-state index in [0.29, 0.717) is 16.3 Å². The molecule has 1 N–H and O–H groups in total. The Balaban J connectivity index is 2.15. The number of aryl methyl sites for hydroxylation is 3. The van der Waals surface area contributed by atoms with Gasteiger partial charge in [-0.15, -0.1) is 11.3 Å². The first-order chi connectivity index (χ1) is 9.43. The Morgan fingerprint density at radius 3 is 2.75 bits per heavy atom. The fourth-order valence-electron chi connectivity index (χ4n) is 1.74. The predicted molar refractivity (Wildman–Crippen MR) is 83.7 cm³/mol. The molecule has 8 heteroatoms. The van der Waals surface area contributed by atoms with Crippen LogP contribution in [0.15, 0.2) is 8.81 Å². The highest BCUT2D eigenvalue weighted by molar-refractivity contribution is 9.10. The monoisotopic (exact) mass is 375 g/mol. The van der Waals surface area contributed by atoms with Gasteiger partial charge >= 0.3 is 5.97 Å². The average Bonchev–Trinajstić information content (AvgIpc) is 2.88. The normalized spacial score (nSPS) is 11.0. The zero-order chi connectivity index (χ0) is 14.9. The van der Waals surface area contributed by atoms with E-state index in [1.807, 2.05) is 11.7 Å². The van der Waals surface area contributed by atoms with Crippen LogP contribution in [0.1, 0.15) is 33.7 Å². The van der Waals surface area contributed by atoms with Gasteiger partial charge in [0.25, 0.3) is 0 Å². The van der Waals surface area contributed by atoms with Crippen LogP contribution in [0.4, 0.5) is 0 Å². The molecule has 0 aliphatic rings. The van der Waals surface area contributed by atoms with Gasteiger partial charge < -0.3 is 5.11 Å². The van der Waals surface area contributed by atoms with E-state index in [-0.39, 0.29) is 0 Å². The summed E-state index contributed by atoms with van der Waals surface area (Å²) in [4.78, 5) is 15.6. The van der Waals surface area contributed by atoms with E-state index in [1.54, 1.807) is 6.92 Å². The molecule has 0 fully saturated rings. The van der Waals surface area contributed by atoms with Crippen molar-refractivity contribution >= 4 is 45.0 Å². The summed E-state index contributed by atoms with van der Waals surface area (Å²) in [6.07, 6.45) is 0.874. The number of aromatic nitrogens is 3. The SMILES string of the molecule is CCc1nn(C)c(CSc2nc(C)c(C(=O)O)s2)c1Br. The van der Waals surface area contributed by atoms with Crippen LogP contribution in [0.25, 0.3) is 0 Å². The minimum atomic E-state index is -0.915. The minimum absolute atomic E-state index is 0.311. The van der Waals surface area contributed by atoms with E-state index < -0.39 is 5.97 Å². The Morgan fingerprint density at radius 1 is 1.55 bits per heavy atom. The minimum Gasteiger partial charge on any atom is -0.477 e. The molecule has 0 amide bonds. The number of hydrogen-bond acceptors (Lipinski definition) is 5. The zero-order valence-corrected chi connectivity index (χ0v) is 14.5. The van der Waals surface area contributed by atoms with E-state index in [9.17, 15) is 4.79 Å². The van der Waals surface area contributed by atoms with Gasteiger partial charge in [0.15, 0.2) is 4.34 Å². The fraction of sp³-hybridized carbons (Fsp3) is 0.417. The molecular weight excluding hydrogens is 362 g/mol. The molecule has 0 radical (unpaired) electrons. The van der Waals surface area contributed by atoms with Crippen LogP contribution in [-0.4, -0.2) is 25.8 Å². The van der Waals surface area contributed by atoms with Gasteiger partial charge in [-0.3, -0.25) is 4.68 Å². The van der Waals surface area contributed by atoms with Crippen molar-refractivity contribution in [3.63, 3.8) is 0 Å². The summed E-state index contributed by atoms with van der Waals surface area (Å²) in [5.41, 5.74) is 2.68. The van der Waals surface area contributed by atoms with Gasteiger partial charge in [0, 0.05) is 12.8 Å². The third-order valence-corrected chi connectivity index (χ3v) is 6.02. The lowest BCUT2D eigenvalue weighted by Crippen LogP contribution is -1.96. The van der Waals surface area contributed by atoms with Gasteiger partial charge in [-0.25, -0.2) is 9.78 Å². The largest absolute Gasteiger partial charge is 0.477 e. The lowest BCUT2D eigenvalue weighted by atomic mass is 10.3. The molecule has 2 aromatic rings. The maximum Gasteiger partial charge on any atom is 0.347 e. The first kappa shape index (κ1) is 15.5. The van der Waals surface area contributed by atoms with E-state index >= 15 is 0 Å². The molecule has 2 aromatic heterocycles. The maximum atomic E-state index is 11.0. The summed E-state index contributed by atoms with van der Waals surface area (Å²) >= 11 is 6.32. The molecule has 5 nitrogen and oxygen atoms in total. The van der Waals surface area contributed by atoms with Crippen molar-refractivity contribution in [2.75, 3.05) is 0 Å². The number of carboxylic acid groups (broad SMARTS) is 1. The summed E-state index contributed by atoms with van der Waals surface area (Å²) in [7, 11) is 1.91. The standard InChI is InChI=1S/C12H14BrN3O2S2/c1-4-7-9(13)8(16(3)15-7)5-19-12-14-6(2)10(20-12)11(17)18/h4-5H2,1-3H3,(H,17,18). The van der Waals surface area contributed by atoms with Gasteiger partial charge in [0.1, 0.15) is 4.88 Å². The summed E-state index contributed by atoms with van der Waals surface area (Å²) in [6.45, 7) is 3.78. The second kappa shape index (κ2) is 6.28. The highest BCUT2D eigenvalue weighted by Gasteiger charge is 2.17. The molecule has 2 rings (SSSR count). The summed E-state index contributed by atoms with van der Waals surface area (Å²) in [5.74, 6) is -0.211. The van der Waals surface area contributed by atoms with Gasteiger partial charge in [-0.2, -0.15) is 5.10 Å². The quantitative estimate of drug-likeness (QED) is 0.809. The van der Waals surface area contributed by atoms with Crippen molar-refractivity contribution in [3.05, 3.63) is 26.4 Å². The highest BCUT2D eigenvalue weighted by atomic mass is 79.9. The average molecular weight is 376 g/mol. The van der Waals surface area contributed by atoms with Crippen LogP contribution >= 0.6 is 39.0 Å². The smallest absolute Gasteiger partial charge is 0.347 e. The number of nitrogens with zero attached hydrogens (tertiary/aromatic N) is 3. The Labute approximate surface area is 133 Å². The molecule has 0 saturated carbocycles. The van der Waals surface area contributed by atoms with Crippen LogP contribution in [0.5, 0.6) is 0 Å². The first-order valence-electron chi connectivity index (χ1n) is 5.97. The van der Waals surface area contributed by atoms with Gasteiger partial charge in [0.2, 0.25) is 0 Å². The van der Waals surface area contributed by atoms with Crippen LogP contribution in [-0.2, 0) is 19.2 Å². The Kier molecular flexibility index (Phi) is 4.87. The molecule has 2 heterocycles. The summed E-state index contributed by atoms with van der Waals surface area (Å²) < 4.78 is 3.65. The number of halogens is 1. The second-order valence-corrected chi connectivity index (χ2v) is 7.19. The third kappa shape index (κ3) is 3.07. The number of aromatic carboxylic acids is 1. The number of carbonyl (C=O) groups is 1. The highest BCUT2D eigenvalue weighted by Crippen LogP contribution is 2.32. The Bertz CT molecular complexity index is 651. The number of thiazole rings is 1. The lowest BCUT2D eigenvalue weighted by Gasteiger charge is -2.00. The first-order valence-corrected chi connectivity index (χ1v) is 8.57. The molecule has 0 unspecified atom stereocenters. The van der Waals surface area contributed by atoms with Gasteiger partial charge in [0.05, 0.1) is 21.6 Å². The molecule has 20 heavy (non-hydrogen) atoms. The molecule has 0 bridgehead atoms. The van der Waals surface area contributed by atoms with E-state index in [2.05, 4.69) is 32.9 Å². The van der Waals surface area contributed by atoms with Gasteiger partial charge in [-0.05, 0) is 29.3 Å². The van der Waals surface area contributed by atoms with Crippen LogP contribution in [0.2, 0.25) is 0 Å².